The van der Waals surface area contributed by atoms with E-state index in [0.717, 1.165) is 16.4 Å². The minimum atomic E-state index is -1.02. The third-order valence-corrected chi connectivity index (χ3v) is 3.61. The standard InChI is InChI=1S/C13H15ClINO3/c1-2-3-4-11(13(18)19)16-12(17)9-6-5-8(15)7-10(9)14/h5-7,11H,2-4H2,1H3,(H,16,17)(H,18,19)/t11-/m0/s1. The van der Waals surface area contributed by atoms with Gasteiger partial charge in [0.1, 0.15) is 6.04 Å². The average Bonchev–Trinajstić information content (AvgIpc) is 2.33. The minimum absolute atomic E-state index is 0.296. The maximum absolute atomic E-state index is 12.0. The van der Waals surface area contributed by atoms with Crippen molar-refractivity contribution in [3.63, 3.8) is 0 Å². The van der Waals surface area contributed by atoms with E-state index in [2.05, 4.69) is 27.9 Å². The molecule has 0 saturated carbocycles. The number of benzene rings is 1. The van der Waals surface area contributed by atoms with Crippen molar-refractivity contribution in [2.45, 2.75) is 32.2 Å². The second-order valence-electron chi connectivity index (χ2n) is 4.13. The molecule has 0 fully saturated rings. The zero-order valence-electron chi connectivity index (χ0n) is 10.5. The number of hydrogen-bond acceptors (Lipinski definition) is 2. The van der Waals surface area contributed by atoms with E-state index in [9.17, 15) is 9.59 Å². The maximum atomic E-state index is 12.0. The van der Waals surface area contributed by atoms with Gasteiger partial charge < -0.3 is 10.4 Å². The molecule has 0 aromatic heterocycles. The maximum Gasteiger partial charge on any atom is 0.326 e. The van der Waals surface area contributed by atoms with Crippen LogP contribution < -0.4 is 5.32 Å². The lowest BCUT2D eigenvalue weighted by atomic mass is 10.1. The van der Waals surface area contributed by atoms with E-state index in [4.69, 9.17) is 16.7 Å². The highest BCUT2D eigenvalue weighted by molar-refractivity contribution is 14.1. The molecule has 0 aliphatic carbocycles. The van der Waals surface area contributed by atoms with Crippen LogP contribution in [-0.4, -0.2) is 23.0 Å². The van der Waals surface area contributed by atoms with Crippen LogP contribution in [0.5, 0.6) is 0 Å². The Labute approximate surface area is 130 Å². The molecule has 0 aliphatic rings. The van der Waals surface area contributed by atoms with Gasteiger partial charge >= 0.3 is 5.97 Å². The van der Waals surface area contributed by atoms with E-state index >= 15 is 0 Å². The molecule has 0 unspecified atom stereocenters. The van der Waals surface area contributed by atoms with Crippen LogP contribution in [-0.2, 0) is 4.79 Å². The van der Waals surface area contributed by atoms with E-state index in [1.165, 1.54) is 0 Å². The first-order valence-corrected chi connectivity index (χ1v) is 7.40. The molecule has 0 radical (unpaired) electrons. The lowest BCUT2D eigenvalue weighted by Gasteiger charge is -2.14. The van der Waals surface area contributed by atoms with E-state index in [1.54, 1.807) is 18.2 Å². The quantitative estimate of drug-likeness (QED) is 0.726. The zero-order chi connectivity index (χ0) is 14.4. The fraction of sp³-hybridized carbons (Fsp3) is 0.385. The summed E-state index contributed by atoms with van der Waals surface area (Å²) < 4.78 is 0.917. The van der Waals surface area contributed by atoms with Crippen molar-refractivity contribution >= 4 is 46.1 Å². The molecule has 0 bridgehead atoms. The van der Waals surface area contributed by atoms with Crippen molar-refractivity contribution in [2.24, 2.45) is 0 Å². The Hall–Kier alpha value is -0.820. The van der Waals surface area contributed by atoms with Gasteiger partial charge in [0.15, 0.2) is 0 Å². The predicted octanol–water partition coefficient (Wildman–Crippen LogP) is 3.32. The first-order valence-electron chi connectivity index (χ1n) is 5.94. The molecule has 1 atom stereocenters. The van der Waals surface area contributed by atoms with Crippen LogP contribution in [0.2, 0.25) is 5.02 Å². The Kier molecular flexibility index (Phi) is 6.57. The van der Waals surface area contributed by atoms with E-state index in [1.807, 2.05) is 6.92 Å². The van der Waals surface area contributed by atoms with Gasteiger partial charge in [-0.2, -0.15) is 0 Å². The first kappa shape index (κ1) is 16.2. The Morgan fingerprint density at radius 1 is 1.47 bits per heavy atom. The van der Waals surface area contributed by atoms with Crippen molar-refractivity contribution < 1.29 is 14.7 Å². The number of unbranched alkanes of at least 4 members (excludes halogenated alkanes) is 1. The Morgan fingerprint density at radius 2 is 2.16 bits per heavy atom. The molecule has 1 aromatic carbocycles. The van der Waals surface area contributed by atoms with Gasteiger partial charge in [0, 0.05) is 3.57 Å². The van der Waals surface area contributed by atoms with Crippen molar-refractivity contribution in [3.8, 4) is 0 Å². The number of nitrogens with one attached hydrogen (secondary N) is 1. The van der Waals surface area contributed by atoms with Gasteiger partial charge in [-0.05, 0) is 47.2 Å². The SMILES string of the molecule is CCCC[C@H](NC(=O)c1ccc(I)cc1Cl)C(=O)O. The number of hydrogen-bond donors (Lipinski definition) is 2. The highest BCUT2D eigenvalue weighted by Gasteiger charge is 2.21. The van der Waals surface area contributed by atoms with Crippen molar-refractivity contribution in [1.82, 2.24) is 5.32 Å². The zero-order valence-corrected chi connectivity index (χ0v) is 13.4. The predicted molar refractivity (Wildman–Crippen MR) is 82.6 cm³/mol. The molecule has 4 nitrogen and oxygen atoms in total. The van der Waals surface area contributed by atoms with Crippen LogP contribution in [0.15, 0.2) is 18.2 Å². The van der Waals surface area contributed by atoms with Crippen LogP contribution in [0, 0.1) is 3.57 Å². The summed E-state index contributed by atoms with van der Waals surface area (Å²) in [6.45, 7) is 1.97. The van der Waals surface area contributed by atoms with E-state index in [-0.39, 0.29) is 0 Å². The molecule has 0 aliphatic heterocycles. The number of halogens is 2. The second-order valence-corrected chi connectivity index (χ2v) is 5.78. The molecule has 2 N–H and O–H groups in total. The molecule has 1 amide bonds. The number of amides is 1. The largest absolute Gasteiger partial charge is 0.480 e. The summed E-state index contributed by atoms with van der Waals surface area (Å²) in [7, 11) is 0. The lowest BCUT2D eigenvalue weighted by molar-refractivity contribution is -0.139. The summed E-state index contributed by atoms with van der Waals surface area (Å²) in [6.07, 6.45) is 2.04. The summed E-state index contributed by atoms with van der Waals surface area (Å²) in [6, 6.07) is 4.14. The van der Waals surface area contributed by atoms with Gasteiger partial charge in [-0.15, -0.1) is 0 Å². The number of carboxylic acids is 1. The van der Waals surface area contributed by atoms with Gasteiger partial charge in [-0.25, -0.2) is 4.79 Å². The number of carbonyl (C=O) groups excluding carboxylic acids is 1. The minimum Gasteiger partial charge on any atom is -0.480 e. The number of carboxylic acid groups (broad SMARTS) is 1. The molecule has 0 heterocycles. The normalized spacial score (nSPS) is 11.9. The lowest BCUT2D eigenvalue weighted by Crippen LogP contribution is -2.40. The van der Waals surface area contributed by atoms with Crippen LogP contribution in [0.25, 0.3) is 0 Å². The van der Waals surface area contributed by atoms with Gasteiger partial charge in [0.05, 0.1) is 10.6 Å². The summed E-state index contributed by atoms with van der Waals surface area (Å²) in [5.41, 5.74) is 0.296. The highest BCUT2D eigenvalue weighted by atomic mass is 127. The molecular formula is C13H15ClINO3. The van der Waals surface area contributed by atoms with Crippen LogP contribution >= 0.6 is 34.2 Å². The summed E-state index contributed by atoms with van der Waals surface area (Å²) in [5.74, 6) is -1.48. The van der Waals surface area contributed by atoms with Crippen molar-refractivity contribution in [3.05, 3.63) is 32.4 Å². The number of carbonyl (C=O) groups is 2. The smallest absolute Gasteiger partial charge is 0.326 e. The average molecular weight is 396 g/mol. The van der Waals surface area contributed by atoms with E-state index < -0.39 is 17.9 Å². The second kappa shape index (κ2) is 7.69. The van der Waals surface area contributed by atoms with Crippen molar-refractivity contribution in [1.29, 1.82) is 0 Å². The molecule has 6 heteroatoms. The highest BCUT2D eigenvalue weighted by Crippen LogP contribution is 2.19. The number of aliphatic carboxylic acids is 1. The molecule has 104 valence electrons. The monoisotopic (exact) mass is 395 g/mol. The Morgan fingerprint density at radius 3 is 2.68 bits per heavy atom. The summed E-state index contributed by atoms with van der Waals surface area (Å²) in [4.78, 5) is 23.1. The third-order valence-electron chi connectivity index (χ3n) is 2.63. The summed E-state index contributed by atoms with van der Waals surface area (Å²) >= 11 is 8.07. The molecule has 1 rings (SSSR count). The molecule has 19 heavy (non-hydrogen) atoms. The fourth-order valence-electron chi connectivity index (χ4n) is 1.58. The molecular weight excluding hydrogens is 381 g/mol. The van der Waals surface area contributed by atoms with Crippen LogP contribution in [0.3, 0.4) is 0 Å². The van der Waals surface area contributed by atoms with E-state index in [0.29, 0.717) is 17.0 Å². The first-order chi connectivity index (χ1) is 8.95. The molecule has 0 spiro atoms. The topological polar surface area (TPSA) is 66.4 Å². The van der Waals surface area contributed by atoms with Crippen molar-refractivity contribution in [2.75, 3.05) is 0 Å². The third kappa shape index (κ3) is 4.99. The van der Waals surface area contributed by atoms with Gasteiger partial charge in [-0.1, -0.05) is 31.4 Å². The fourth-order valence-corrected chi connectivity index (χ4v) is 2.52. The molecule has 1 aromatic rings. The van der Waals surface area contributed by atoms with Crippen LogP contribution in [0.4, 0.5) is 0 Å². The Balaban J connectivity index is 2.78. The molecule has 0 saturated heterocycles. The van der Waals surface area contributed by atoms with Gasteiger partial charge in [0.2, 0.25) is 0 Å². The summed E-state index contributed by atoms with van der Waals surface area (Å²) in [5, 5.41) is 11.9. The van der Waals surface area contributed by atoms with Crippen LogP contribution in [0.1, 0.15) is 36.5 Å². The Bertz CT molecular complexity index is 479. The van der Waals surface area contributed by atoms with Gasteiger partial charge in [0.25, 0.3) is 5.91 Å². The number of rotatable bonds is 6. The van der Waals surface area contributed by atoms with Gasteiger partial charge in [-0.3, -0.25) is 4.79 Å².